The van der Waals surface area contributed by atoms with Gasteiger partial charge in [0.05, 0.1) is 11.0 Å². The van der Waals surface area contributed by atoms with Crippen molar-refractivity contribution < 1.29 is 24.0 Å². The van der Waals surface area contributed by atoms with Crippen molar-refractivity contribution in [3.63, 3.8) is 0 Å². The molecule has 0 aliphatic carbocycles. The van der Waals surface area contributed by atoms with E-state index in [0.717, 1.165) is 11.1 Å². The Morgan fingerprint density at radius 2 is 1.44 bits per heavy atom. The fourth-order valence-corrected chi connectivity index (χ4v) is 4.02. The van der Waals surface area contributed by atoms with E-state index >= 15 is 0 Å². The number of carbonyl (C=O) groups excluding carboxylic acids is 3. The molecule has 2 atom stereocenters. The lowest BCUT2D eigenvalue weighted by molar-refractivity contribution is -0.384. The summed E-state index contributed by atoms with van der Waals surface area (Å²) in [6.07, 6.45) is 3.22. The quantitative estimate of drug-likeness (QED) is 0.174. The molecule has 3 aromatic rings. The Balaban J connectivity index is 1.80. The number of amides is 2. The third-order valence-electron chi connectivity index (χ3n) is 6.06. The SMILES string of the molecule is CC(C)(C)OC(=O)N[C@@H](Cc1ccccc1)C(=O)N[C@@H](CCc1ccccc1)C(=O)C=Cc1ccc([N+](=O)[O-])cc1. The van der Waals surface area contributed by atoms with Crippen molar-refractivity contribution in [2.24, 2.45) is 0 Å². The Kier molecular flexibility index (Phi) is 10.9. The van der Waals surface area contributed by atoms with Crippen molar-refractivity contribution in [3.8, 4) is 0 Å². The van der Waals surface area contributed by atoms with Gasteiger partial charge in [0.25, 0.3) is 5.69 Å². The number of ether oxygens (including phenoxy) is 1. The molecule has 214 valence electrons. The van der Waals surface area contributed by atoms with E-state index in [9.17, 15) is 24.5 Å². The zero-order valence-corrected chi connectivity index (χ0v) is 23.4. The molecule has 2 N–H and O–H groups in total. The number of ketones is 1. The van der Waals surface area contributed by atoms with Crippen LogP contribution in [0.1, 0.15) is 43.9 Å². The van der Waals surface area contributed by atoms with E-state index in [-0.39, 0.29) is 17.9 Å². The maximum Gasteiger partial charge on any atom is 0.408 e. The molecule has 0 saturated carbocycles. The van der Waals surface area contributed by atoms with Crippen molar-refractivity contribution in [3.05, 3.63) is 118 Å². The van der Waals surface area contributed by atoms with Gasteiger partial charge in [-0.25, -0.2) is 4.79 Å². The van der Waals surface area contributed by atoms with Crippen LogP contribution in [0.5, 0.6) is 0 Å². The van der Waals surface area contributed by atoms with Crippen molar-refractivity contribution in [2.45, 2.75) is 57.7 Å². The average Bonchev–Trinajstić information content (AvgIpc) is 2.93. The Morgan fingerprint density at radius 1 is 0.854 bits per heavy atom. The molecule has 9 nitrogen and oxygen atoms in total. The number of aryl methyl sites for hydroxylation is 1. The van der Waals surface area contributed by atoms with Gasteiger partial charge in [-0.2, -0.15) is 0 Å². The number of nitro benzene ring substituents is 1. The van der Waals surface area contributed by atoms with Gasteiger partial charge >= 0.3 is 6.09 Å². The van der Waals surface area contributed by atoms with E-state index < -0.39 is 34.6 Å². The van der Waals surface area contributed by atoms with Crippen molar-refractivity contribution in [1.82, 2.24) is 10.6 Å². The van der Waals surface area contributed by atoms with Crippen LogP contribution in [0.15, 0.2) is 91.0 Å². The van der Waals surface area contributed by atoms with E-state index in [4.69, 9.17) is 4.74 Å². The van der Waals surface area contributed by atoms with Gasteiger partial charge in [-0.15, -0.1) is 0 Å². The second-order valence-corrected chi connectivity index (χ2v) is 10.6. The molecule has 0 aliphatic rings. The van der Waals surface area contributed by atoms with Gasteiger partial charge in [0.15, 0.2) is 5.78 Å². The van der Waals surface area contributed by atoms with Crippen LogP contribution in [-0.4, -0.2) is 40.4 Å². The lowest BCUT2D eigenvalue weighted by atomic mass is 9.99. The summed E-state index contributed by atoms with van der Waals surface area (Å²) in [6, 6.07) is 22.8. The van der Waals surface area contributed by atoms with Gasteiger partial charge in [-0.1, -0.05) is 66.7 Å². The molecule has 0 spiro atoms. The van der Waals surface area contributed by atoms with Crippen LogP contribution in [-0.2, 0) is 27.2 Å². The molecule has 0 aromatic heterocycles. The van der Waals surface area contributed by atoms with Crippen LogP contribution >= 0.6 is 0 Å². The molecule has 2 amide bonds. The van der Waals surface area contributed by atoms with Gasteiger partial charge in [-0.3, -0.25) is 19.7 Å². The molecule has 0 bridgehead atoms. The fraction of sp³-hybridized carbons (Fsp3) is 0.281. The first-order valence-corrected chi connectivity index (χ1v) is 13.3. The maximum absolute atomic E-state index is 13.5. The highest BCUT2D eigenvalue weighted by molar-refractivity contribution is 6.00. The smallest absolute Gasteiger partial charge is 0.408 e. The minimum Gasteiger partial charge on any atom is -0.444 e. The molecule has 41 heavy (non-hydrogen) atoms. The summed E-state index contributed by atoms with van der Waals surface area (Å²) in [7, 11) is 0. The van der Waals surface area contributed by atoms with Crippen LogP contribution in [0.4, 0.5) is 10.5 Å². The molecular weight excluding hydrogens is 522 g/mol. The lowest BCUT2D eigenvalue weighted by Gasteiger charge is -2.25. The topological polar surface area (TPSA) is 128 Å². The van der Waals surface area contributed by atoms with Gasteiger partial charge in [0, 0.05) is 18.6 Å². The van der Waals surface area contributed by atoms with E-state index in [1.807, 2.05) is 60.7 Å². The summed E-state index contributed by atoms with van der Waals surface area (Å²) in [5.74, 6) is -0.863. The summed E-state index contributed by atoms with van der Waals surface area (Å²) < 4.78 is 5.37. The summed E-state index contributed by atoms with van der Waals surface area (Å²) in [4.78, 5) is 49.9. The normalized spacial score (nSPS) is 12.8. The second kappa shape index (κ2) is 14.6. The number of hydrogen-bond donors (Lipinski definition) is 2. The number of hydrogen-bond acceptors (Lipinski definition) is 6. The molecule has 0 unspecified atom stereocenters. The monoisotopic (exact) mass is 557 g/mol. The molecule has 0 aliphatic heterocycles. The van der Waals surface area contributed by atoms with E-state index in [1.165, 1.54) is 18.2 Å². The molecule has 3 rings (SSSR count). The third-order valence-corrected chi connectivity index (χ3v) is 6.06. The number of nitrogens with one attached hydrogen (secondary N) is 2. The Labute approximate surface area is 239 Å². The minimum atomic E-state index is -0.988. The predicted molar refractivity (Wildman–Crippen MR) is 157 cm³/mol. The first-order valence-electron chi connectivity index (χ1n) is 13.3. The minimum absolute atomic E-state index is 0.0524. The maximum atomic E-state index is 13.5. The first-order chi connectivity index (χ1) is 19.5. The number of rotatable bonds is 12. The highest BCUT2D eigenvalue weighted by atomic mass is 16.6. The zero-order chi connectivity index (χ0) is 29.8. The van der Waals surface area contributed by atoms with Gasteiger partial charge in [0.2, 0.25) is 5.91 Å². The van der Waals surface area contributed by atoms with E-state index in [2.05, 4.69) is 10.6 Å². The van der Waals surface area contributed by atoms with Crippen molar-refractivity contribution >= 4 is 29.5 Å². The molecule has 0 radical (unpaired) electrons. The Morgan fingerprint density at radius 3 is 2.00 bits per heavy atom. The van der Waals surface area contributed by atoms with Gasteiger partial charge < -0.3 is 15.4 Å². The van der Waals surface area contributed by atoms with Crippen molar-refractivity contribution in [2.75, 3.05) is 0 Å². The third kappa shape index (κ3) is 10.7. The summed E-state index contributed by atoms with van der Waals surface area (Å²) in [6.45, 7) is 5.19. The second-order valence-electron chi connectivity index (χ2n) is 10.6. The number of alkyl carbamates (subject to hydrolysis) is 1. The van der Waals surface area contributed by atoms with E-state index in [1.54, 1.807) is 39.0 Å². The number of nitro groups is 1. The molecule has 0 saturated heterocycles. The molecular formula is C32H35N3O6. The Bertz CT molecular complexity index is 1350. The van der Waals surface area contributed by atoms with Gasteiger partial charge in [-0.05, 0) is 68.5 Å². The first kappa shape index (κ1) is 30.7. The summed E-state index contributed by atoms with van der Waals surface area (Å²) in [5, 5.41) is 16.4. The molecule has 0 fully saturated rings. The van der Waals surface area contributed by atoms with Crippen LogP contribution < -0.4 is 10.6 Å². The number of non-ortho nitro benzene ring substituents is 1. The summed E-state index contributed by atoms with van der Waals surface area (Å²) in [5.41, 5.74) is 1.63. The highest BCUT2D eigenvalue weighted by Crippen LogP contribution is 2.14. The van der Waals surface area contributed by atoms with Crippen LogP contribution in [0.2, 0.25) is 0 Å². The number of nitrogens with zero attached hydrogens (tertiary/aromatic N) is 1. The highest BCUT2D eigenvalue weighted by Gasteiger charge is 2.28. The standard InChI is InChI=1S/C32H35N3O6/c1-32(2,3)41-31(38)34-28(22-25-12-8-5-9-13-25)30(37)33-27(20-16-23-10-6-4-7-11-23)29(36)21-17-24-14-18-26(19-15-24)35(39)40/h4-15,17-19,21,27-28H,16,20,22H2,1-3H3,(H,33,37)(H,34,38)/t27-,28-/m0/s1. The average molecular weight is 558 g/mol. The molecule has 0 heterocycles. The number of benzene rings is 3. The molecule has 9 heteroatoms. The van der Waals surface area contributed by atoms with Gasteiger partial charge in [0.1, 0.15) is 11.6 Å². The predicted octanol–water partition coefficient (Wildman–Crippen LogP) is 5.43. The zero-order valence-electron chi connectivity index (χ0n) is 23.4. The van der Waals surface area contributed by atoms with E-state index in [0.29, 0.717) is 18.4 Å². The summed E-state index contributed by atoms with van der Waals surface area (Å²) >= 11 is 0. The van der Waals surface area contributed by atoms with Crippen LogP contribution in [0, 0.1) is 10.1 Å². The molecule has 3 aromatic carbocycles. The van der Waals surface area contributed by atoms with Crippen molar-refractivity contribution in [1.29, 1.82) is 0 Å². The largest absolute Gasteiger partial charge is 0.444 e. The lowest BCUT2D eigenvalue weighted by Crippen LogP contribution is -2.53. The van der Waals surface area contributed by atoms with Crippen LogP contribution in [0.25, 0.3) is 6.08 Å². The fourth-order valence-electron chi connectivity index (χ4n) is 4.02. The number of carbonyl (C=O) groups is 3. The van der Waals surface area contributed by atoms with Crippen LogP contribution in [0.3, 0.4) is 0 Å². The Hall–Kier alpha value is -4.79.